The minimum atomic E-state index is -0.638. The summed E-state index contributed by atoms with van der Waals surface area (Å²) in [7, 11) is 6.00. The molecule has 1 N–H and O–H groups in total. The molecule has 2 unspecified atom stereocenters. The number of likely N-dealkylation sites (N-methyl/N-ethyl adjacent to an activating group) is 1. The topological polar surface area (TPSA) is 46.5 Å². The molecule has 4 heteroatoms. The van der Waals surface area contributed by atoms with Crippen LogP contribution in [0, 0.1) is 5.41 Å². The van der Waals surface area contributed by atoms with Crippen molar-refractivity contribution in [2.24, 2.45) is 5.41 Å². The Labute approximate surface area is 147 Å². The van der Waals surface area contributed by atoms with E-state index in [2.05, 4.69) is 19.1 Å². The first-order valence-corrected chi connectivity index (χ1v) is 8.76. The van der Waals surface area contributed by atoms with Gasteiger partial charge in [0.15, 0.2) is 0 Å². The second kappa shape index (κ2) is 8.63. The van der Waals surface area contributed by atoms with Gasteiger partial charge in [-0.2, -0.15) is 0 Å². The summed E-state index contributed by atoms with van der Waals surface area (Å²) in [5.41, 5.74) is 0.679. The monoisotopic (exact) mass is 336 g/mol. The molecular weight excluding hydrogens is 302 g/mol. The number of rotatable bonds is 9. The zero-order valence-electron chi connectivity index (χ0n) is 16.1. The van der Waals surface area contributed by atoms with Crippen LogP contribution in [0.25, 0.3) is 0 Å². The van der Waals surface area contributed by atoms with Crippen LogP contribution in [0.2, 0.25) is 0 Å². The Morgan fingerprint density at radius 3 is 2.29 bits per heavy atom. The molecule has 0 saturated heterocycles. The van der Waals surface area contributed by atoms with Crippen LogP contribution in [0.3, 0.4) is 0 Å². The minimum absolute atomic E-state index is 0.0555. The van der Waals surface area contributed by atoms with E-state index >= 15 is 0 Å². The molecular formula is C20H34NO3+. The normalized spacial score (nSPS) is 15.0. The molecule has 0 aliphatic rings. The van der Waals surface area contributed by atoms with E-state index in [1.54, 1.807) is 0 Å². The lowest BCUT2D eigenvalue weighted by Crippen LogP contribution is -2.43. The summed E-state index contributed by atoms with van der Waals surface area (Å²) in [6.07, 6.45) is 1.07. The fourth-order valence-electron chi connectivity index (χ4n) is 2.97. The van der Waals surface area contributed by atoms with Gasteiger partial charge in [0.2, 0.25) is 0 Å². The summed E-state index contributed by atoms with van der Waals surface area (Å²) in [5.74, 6) is 0.0854. The largest absolute Gasteiger partial charge is 0.462 e. The molecule has 0 radical (unpaired) electrons. The molecule has 136 valence electrons. The SMILES string of the molecule is CCC(CC(C)(C)C(=O)OCC(O)C[N+](C)(C)C)c1ccccc1. The molecule has 0 spiro atoms. The van der Waals surface area contributed by atoms with E-state index in [-0.39, 0.29) is 12.6 Å². The fourth-order valence-corrected chi connectivity index (χ4v) is 2.97. The van der Waals surface area contributed by atoms with Crippen LogP contribution < -0.4 is 0 Å². The summed E-state index contributed by atoms with van der Waals surface area (Å²) < 4.78 is 6.03. The Kier molecular flexibility index (Phi) is 7.43. The first-order valence-electron chi connectivity index (χ1n) is 8.76. The van der Waals surface area contributed by atoms with Gasteiger partial charge >= 0.3 is 5.97 Å². The number of aliphatic hydroxyl groups excluding tert-OH is 1. The first kappa shape index (κ1) is 20.7. The van der Waals surface area contributed by atoms with Gasteiger partial charge < -0.3 is 14.3 Å². The second-order valence-electron chi connectivity index (χ2n) is 8.33. The third-order valence-corrected chi connectivity index (χ3v) is 4.24. The van der Waals surface area contributed by atoms with Gasteiger partial charge in [-0.3, -0.25) is 4.79 Å². The Hall–Kier alpha value is -1.39. The number of hydrogen-bond donors (Lipinski definition) is 1. The number of nitrogens with zero attached hydrogens (tertiary/aromatic N) is 1. The van der Waals surface area contributed by atoms with Gasteiger partial charge in [0.05, 0.1) is 26.6 Å². The number of carbonyl (C=O) groups is 1. The van der Waals surface area contributed by atoms with Crippen molar-refractivity contribution < 1.29 is 19.1 Å². The lowest BCUT2D eigenvalue weighted by molar-refractivity contribution is -0.873. The first-order chi connectivity index (χ1) is 11.0. The molecule has 4 nitrogen and oxygen atoms in total. The van der Waals surface area contributed by atoms with E-state index in [4.69, 9.17) is 4.74 Å². The summed E-state index contributed by atoms with van der Waals surface area (Å²) in [4.78, 5) is 12.5. The number of hydrogen-bond acceptors (Lipinski definition) is 3. The average molecular weight is 336 g/mol. The van der Waals surface area contributed by atoms with Crippen LogP contribution in [0.5, 0.6) is 0 Å². The van der Waals surface area contributed by atoms with Crippen molar-refractivity contribution in [2.45, 2.75) is 45.6 Å². The second-order valence-corrected chi connectivity index (χ2v) is 8.33. The lowest BCUT2D eigenvalue weighted by Gasteiger charge is -2.29. The number of esters is 1. The summed E-state index contributed by atoms with van der Waals surface area (Å²) in [6.45, 7) is 6.60. The third-order valence-electron chi connectivity index (χ3n) is 4.24. The Morgan fingerprint density at radius 1 is 1.21 bits per heavy atom. The zero-order valence-corrected chi connectivity index (χ0v) is 16.1. The van der Waals surface area contributed by atoms with Gasteiger partial charge in [-0.1, -0.05) is 37.3 Å². The van der Waals surface area contributed by atoms with Crippen LogP contribution in [-0.2, 0) is 9.53 Å². The highest BCUT2D eigenvalue weighted by Crippen LogP contribution is 2.34. The van der Waals surface area contributed by atoms with Crippen molar-refractivity contribution in [1.82, 2.24) is 0 Å². The van der Waals surface area contributed by atoms with Gasteiger partial charge in [0, 0.05) is 0 Å². The van der Waals surface area contributed by atoms with Crippen LogP contribution in [0.4, 0.5) is 0 Å². The van der Waals surface area contributed by atoms with E-state index < -0.39 is 11.5 Å². The predicted octanol–water partition coefficient (Wildman–Crippen LogP) is 3.21. The van der Waals surface area contributed by atoms with E-state index in [1.165, 1.54) is 5.56 Å². The average Bonchev–Trinajstić information content (AvgIpc) is 2.49. The van der Waals surface area contributed by atoms with Crippen LogP contribution in [0.15, 0.2) is 30.3 Å². The smallest absolute Gasteiger partial charge is 0.311 e. The predicted molar refractivity (Wildman–Crippen MR) is 97.7 cm³/mol. The van der Waals surface area contributed by atoms with E-state index in [1.807, 2.05) is 53.2 Å². The maximum atomic E-state index is 12.5. The molecule has 0 fully saturated rings. The summed E-state index contributed by atoms with van der Waals surface area (Å²) in [5, 5.41) is 10.0. The highest BCUT2D eigenvalue weighted by atomic mass is 16.5. The lowest BCUT2D eigenvalue weighted by atomic mass is 9.79. The van der Waals surface area contributed by atoms with Crippen molar-refractivity contribution in [2.75, 3.05) is 34.3 Å². The molecule has 0 saturated carbocycles. The van der Waals surface area contributed by atoms with Gasteiger partial charge in [-0.25, -0.2) is 0 Å². The van der Waals surface area contributed by atoms with Crippen molar-refractivity contribution in [3.63, 3.8) is 0 Å². The zero-order chi connectivity index (χ0) is 18.4. The quantitative estimate of drug-likeness (QED) is 0.556. The molecule has 0 aliphatic carbocycles. The molecule has 1 rings (SSSR count). The van der Waals surface area contributed by atoms with Crippen LogP contribution in [-0.4, -0.2) is 56.0 Å². The summed E-state index contributed by atoms with van der Waals surface area (Å²) >= 11 is 0. The Bertz CT molecular complexity index is 505. The molecule has 0 heterocycles. The summed E-state index contributed by atoms with van der Waals surface area (Å²) in [6, 6.07) is 10.3. The Morgan fingerprint density at radius 2 is 1.79 bits per heavy atom. The molecule has 0 aliphatic heterocycles. The number of quaternary nitrogens is 1. The molecule has 1 aromatic carbocycles. The van der Waals surface area contributed by atoms with E-state index in [9.17, 15) is 9.90 Å². The Balaban J connectivity index is 2.61. The third kappa shape index (κ3) is 7.02. The van der Waals surface area contributed by atoms with Crippen molar-refractivity contribution in [3.8, 4) is 0 Å². The van der Waals surface area contributed by atoms with Gasteiger partial charge in [-0.05, 0) is 38.2 Å². The number of aliphatic hydroxyl groups is 1. The minimum Gasteiger partial charge on any atom is -0.462 e. The van der Waals surface area contributed by atoms with Gasteiger partial charge in [-0.15, -0.1) is 0 Å². The number of ether oxygens (including phenoxy) is 1. The fraction of sp³-hybridized carbons (Fsp3) is 0.650. The molecule has 24 heavy (non-hydrogen) atoms. The van der Waals surface area contributed by atoms with Gasteiger partial charge in [0.25, 0.3) is 0 Å². The molecule has 0 amide bonds. The highest BCUT2D eigenvalue weighted by Gasteiger charge is 2.33. The molecule has 1 aromatic rings. The maximum absolute atomic E-state index is 12.5. The van der Waals surface area contributed by atoms with Crippen molar-refractivity contribution in [3.05, 3.63) is 35.9 Å². The van der Waals surface area contributed by atoms with E-state index in [0.29, 0.717) is 16.9 Å². The number of carbonyl (C=O) groups excluding carboxylic acids is 1. The van der Waals surface area contributed by atoms with Crippen molar-refractivity contribution >= 4 is 5.97 Å². The molecule has 0 aromatic heterocycles. The van der Waals surface area contributed by atoms with Gasteiger partial charge in [0.1, 0.15) is 19.3 Å². The molecule has 0 bridgehead atoms. The van der Waals surface area contributed by atoms with E-state index in [0.717, 1.165) is 12.8 Å². The highest BCUT2D eigenvalue weighted by molar-refractivity contribution is 5.76. The maximum Gasteiger partial charge on any atom is 0.311 e. The van der Waals surface area contributed by atoms with Crippen LogP contribution in [0.1, 0.15) is 45.1 Å². The molecule has 2 atom stereocenters. The van der Waals surface area contributed by atoms with Crippen molar-refractivity contribution in [1.29, 1.82) is 0 Å². The standard InChI is InChI=1S/C20H34NO3/c1-7-16(17-11-9-8-10-12-17)13-20(2,3)19(23)24-15-18(22)14-21(4,5)6/h8-12,16,18,22H,7,13-15H2,1-6H3/q+1. The number of benzene rings is 1. The van der Waals surface area contributed by atoms with Crippen LogP contribution >= 0.6 is 0 Å².